The topological polar surface area (TPSA) is 52.3 Å². The second-order valence-electron chi connectivity index (χ2n) is 5.37. The molecule has 108 valence electrons. The van der Waals surface area contributed by atoms with Gasteiger partial charge in [0.15, 0.2) is 0 Å². The van der Waals surface area contributed by atoms with E-state index in [9.17, 15) is 4.79 Å². The first-order valence-corrected chi connectivity index (χ1v) is 7.08. The number of carbonyl (C=O) groups is 1. The van der Waals surface area contributed by atoms with Crippen LogP contribution in [0.2, 0.25) is 0 Å². The molecule has 0 aromatic carbocycles. The number of unbranched alkanes of at least 4 members (excludes halogenated alkanes) is 1. The van der Waals surface area contributed by atoms with Crippen LogP contribution in [0.25, 0.3) is 0 Å². The molecule has 0 bridgehead atoms. The minimum Gasteiger partial charge on any atom is -0.466 e. The molecule has 0 aromatic heterocycles. The Morgan fingerprint density at radius 1 is 1.22 bits per heavy atom. The van der Waals surface area contributed by atoms with Crippen molar-refractivity contribution in [3.05, 3.63) is 0 Å². The lowest BCUT2D eigenvalue weighted by Crippen LogP contribution is -2.33. The molecule has 2 N–H and O–H groups in total. The van der Waals surface area contributed by atoms with Gasteiger partial charge in [0.1, 0.15) is 0 Å². The highest BCUT2D eigenvalue weighted by Gasteiger charge is 2.32. The summed E-state index contributed by atoms with van der Waals surface area (Å²) in [5.74, 6) is -0.0502. The summed E-state index contributed by atoms with van der Waals surface area (Å²) in [5.41, 5.74) is 5.93. The maximum Gasteiger partial charge on any atom is 0.306 e. The van der Waals surface area contributed by atoms with Gasteiger partial charge in [-0.1, -0.05) is 39.0 Å². The summed E-state index contributed by atoms with van der Waals surface area (Å²) in [7, 11) is 0. The number of rotatable bonds is 6. The zero-order chi connectivity index (χ0) is 12.6. The fraction of sp³-hybridized carbons (Fsp3) is 0.929. The van der Waals surface area contributed by atoms with E-state index in [1.807, 2.05) is 0 Å². The number of hydrogen-bond acceptors (Lipinski definition) is 3. The van der Waals surface area contributed by atoms with Gasteiger partial charge in [0.2, 0.25) is 0 Å². The van der Waals surface area contributed by atoms with Crippen LogP contribution in [0, 0.1) is 5.41 Å². The van der Waals surface area contributed by atoms with Gasteiger partial charge in [-0.3, -0.25) is 4.79 Å². The highest BCUT2D eigenvalue weighted by molar-refractivity contribution is 5.85. The standard InChI is InChI=1S/C14H27NO2.ClH/c1-2-3-10-17-13(16)11-14(12-15)8-6-4-5-7-9-14;/h2-12,15H2,1H3;1H. The normalized spacial score (nSPS) is 18.6. The smallest absolute Gasteiger partial charge is 0.306 e. The van der Waals surface area contributed by atoms with E-state index in [1.165, 1.54) is 25.7 Å². The molecular weight excluding hydrogens is 250 g/mol. The van der Waals surface area contributed by atoms with Crippen molar-refractivity contribution >= 4 is 18.4 Å². The van der Waals surface area contributed by atoms with E-state index in [-0.39, 0.29) is 23.8 Å². The number of esters is 1. The van der Waals surface area contributed by atoms with Crippen LogP contribution in [0.1, 0.15) is 64.7 Å². The van der Waals surface area contributed by atoms with E-state index in [4.69, 9.17) is 10.5 Å². The number of nitrogens with two attached hydrogens (primary N) is 1. The third-order valence-electron chi connectivity index (χ3n) is 3.88. The first-order chi connectivity index (χ1) is 8.22. The molecular formula is C14H28ClNO2. The second-order valence-corrected chi connectivity index (χ2v) is 5.37. The van der Waals surface area contributed by atoms with Gasteiger partial charge in [0, 0.05) is 0 Å². The van der Waals surface area contributed by atoms with E-state index in [0.29, 0.717) is 19.6 Å². The van der Waals surface area contributed by atoms with Gasteiger partial charge in [-0.25, -0.2) is 0 Å². The van der Waals surface area contributed by atoms with Gasteiger partial charge in [0.05, 0.1) is 13.0 Å². The summed E-state index contributed by atoms with van der Waals surface area (Å²) >= 11 is 0. The van der Waals surface area contributed by atoms with Gasteiger partial charge < -0.3 is 10.5 Å². The van der Waals surface area contributed by atoms with Crippen LogP contribution in [-0.2, 0) is 9.53 Å². The lowest BCUT2D eigenvalue weighted by molar-refractivity contribution is -0.146. The predicted octanol–water partition coefficient (Wildman–Crippen LogP) is 3.44. The summed E-state index contributed by atoms with van der Waals surface area (Å²) in [4.78, 5) is 11.8. The van der Waals surface area contributed by atoms with Crippen molar-refractivity contribution in [3.8, 4) is 0 Å². The highest BCUT2D eigenvalue weighted by Crippen LogP contribution is 2.37. The van der Waals surface area contributed by atoms with Crippen LogP contribution in [0.4, 0.5) is 0 Å². The Balaban J connectivity index is 0.00000289. The molecule has 0 aromatic rings. The lowest BCUT2D eigenvalue weighted by Gasteiger charge is -2.30. The van der Waals surface area contributed by atoms with Crippen LogP contribution in [0.15, 0.2) is 0 Å². The molecule has 0 aliphatic heterocycles. The summed E-state index contributed by atoms with van der Waals surface area (Å²) in [6, 6.07) is 0. The van der Waals surface area contributed by atoms with E-state index >= 15 is 0 Å². The Morgan fingerprint density at radius 3 is 2.33 bits per heavy atom. The first kappa shape index (κ1) is 17.7. The molecule has 0 unspecified atom stereocenters. The van der Waals surface area contributed by atoms with Gasteiger partial charge in [-0.15, -0.1) is 12.4 Å². The molecule has 1 aliphatic carbocycles. The molecule has 0 amide bonds. The summed E-state index contributed by atoms with van der Waals surface area (Å²) in [6.07, 6.45) is 9.71. The molecule has 4 heteroatoms. The number of halogens is 1. The summed E-state index contributed by atoms with van der Waals surface area (Å²) < 4.78 is 5.26. The van der Waals surface area contributed by atoms with Crippen molar-refractivity contribution in [3.63, 3.8) is 0 Å². The van der Waals surface area contributed by atoms with Crippen LogP contribution >= 0.6 is 12.4 Å². The Morgan fingerprint density at radius 2 is 1.83 bits per heavy atom. The van der Waals surface area contributed by atoms with E-state index in [0.717, 1.165) is 25.7 Å². The van der Waals surface area contributed by atoms with Crippen molar-refractivity contribution in [1.82, 2.24) is 0 Å². The van der Waals surface area contributed by atoms with Gasteiger partial charge in [0.25, 0.3) is 0 Å². The molecule has 1 saturated carbocycles. The average molecular weight is 278 g/mol. The second kappa shape index (κ2) is 9.62. The van der Waals surface area contributed by atoms with Crippen molar-refractivity contribution in [1.29, 1.82) is 0 Å². The minimum absolute atomic E-state index is 0. The van der Waals surface area contributed by atoms with Crippen molar-refractivity contribution in [2.45, 2.75) is 64.7 Å². The largest absolute Gasteiger partial charge is 0.466 e. The van der Waals surface area contributed by atoms with E-state index in [1.54, 1.807) is 0 Å². The molecule has 0 atom stereocenters. The highest BCUT2D eigenvalue weighted by atomic mass is 35.5. The summed E-state index contributed by atoms with van der Waals surface area (Å²) in [6.45, 7) is 3.28. The maximum absolute atomic E-state index is 11.8. The molecule has 3 nitrogen and oxygen atoms in total. The Kier molecular flexibility index (Phi) is 9.47. The average Bonchev–Trinajstić information content (AvgIpc) is 2.56. The summed E-state index contributed by atoms with van der Waals surface area (Å²) in [5, 5.41) is 0. The molecule has 0 heterocycles. The van der Waals surface area contributed by atoms with Crippen LogP contribution < -0.4 is 5.73 Å². The third-order valence-corrected chi connectivity index (χ3v) is 3.88. The van der Waals surface area contributed by atoms with Crippen LogP contribution in [-0.4, -0.2) is 19.1 Å². The van der Waals surface area contributed by atoms with Crippen LogP contribution in [0.3, 0.4) is 0 Å². The van der Waals surface area contributed by atoms with E-state index in [2.05, 4.69) is 6.92 Å². The predicted molar refractivity (Wildman–Crippen MR) is 76.9 cm³/mol. The molecule has 1 aliphatic rings. The number of hydrogen-bond donors (Lipinski definition) is 1. The van der Waals surface area contributed by atoms with Crippen molar-refractivity contribution in [2.24, 2.45) is 11.1 Å². The van der Waals surface area contributed by atoms with Gasteiger partial charge in [-0.05, 0) is 31.2 Å². The van der Waals surface area contributed by atoms with Gasteiger partial charge >= 0.3 is 5.97 Å². The zero-order valence-corrected chi connectivity index (χ0v) is 12.4. The number of carbonyl (C=O) groups excluding carboxylic acids is 1. The Hall–Kier alpha value is -0.280. The van der Waals surface area contributed by atoms with Crippen molar-refractivity contribution < 1.29 is 9.53 Å². The quantitative estimate of drug-likeness (QED) is 0.460. The molecule has 1 rings (SSSR count). The monoisotopic (exact) mass is 277 g/mol. The van der Waals surface area contributed by atoms with Gasteiger partial charge in [-0.2, -0.15) is 0 Å². The molecule has 0 spiro atoms. The Labute approximate surface area is 117 Å². The molecule has 0 saturated heterocycles. The van der Waals surface area contributed by atoms with Crippen molar-refractivity contribution in [2.75, 3.05) is 13.2 Å². The maximum atomic E-state index is 11.8. The first-order valence-electron chi connectivity index (χ1n) is 7.08. The fourth-order valence-electron chi connectivity index (χ4n) is 2.62. The van der Waals surface area contributed by atoms with E-state index < -0.39 is 0 Å². The molecule has 0 radical (unpaired) electrons. The third kappa shape index (κ3) is 6.05. The fourth-order valence-corrected chi connectivity index (χ4v) is 2.62. The zero-order valence-electron chi connectivity index (χ0n) is 11.6. The van der Waals surface area contributed by atoms with Crippen LogP contribution in [0.5, 0.6) is 0 Å². The Bertz CT molecular complexity index is 226. The molecule has 1 fully saturated rings. The number of ether oxygens (including phenoxy) is 1. The SMILES string of the molecule is CCCCOC(=O)CC1(CN)CCCCCC1.Cl. The molecule has 18 heavy (non-hydrogen) atoms. The lowest BCUT2D eigenvalue weighted by atomic mass is 9.77. The minimum atomic E-state index is -0.0502.